The van der Waals surface area contributed by atoms with Crippen molar-refractivity contribution in [1.82, 2.24) is 19.6 Å². The first-order valence-electron chi connectivity index (χ1n) is 12.1. The van der Waals surface area contributed by atoms with Gasteiger partial charge in [0.25, 0.3) is 11.8 Å². The van der Waals surface area contributed by atoms with Crippen LogP contribution in [0.25, 0.3) is 0 Å². The van der Waals surface area contributed by atoms with Gasteiger partial charge in [0.05, 0.1) is 42.3 Å². The van der Waals surface area contributed by atoms with Gasteiger partial charge in [-0.2, -0.15) is 5.10 Å². The number of rotatable bonds is 5. The van der Waals surface area contributed by atoms with E-state index in [0.717, 1.165) is 29.9 Å². The number of carbonyl (C=O) groups is 3. The Hall–Kier alpha value is -3.20. The highest BCUT2D eigenvalue weighted by molar-refractivity contribution is 6.23. The highest BCUT2D eigenvalue weighted by Crippen LogP contribution is 2.34. The molecule has 1 aromatic carbocycles. The van der Waals surface area contributed by atoms with Gasteiger partial charge in [0.1, 0.15) is 0 Å². The lowest BCUT2D eigenvalue weighted by atomic mass is 9.94. The first-order chi connectivity index (χ1) is 16.4. The molecule has 0 saturated carbocycles. The van der Waals surface area contributed by atoms with E-state index in [4.69, 9.17) is 4.74 Å². The molecule has 0 radical (unpaired) electrons. The smallest absolute Gasteiger partial charge is 0.263 e. The van der Waals surface area contributed by atoms with Crippen LogP contribution in [0, 0.1) is 19.8 Å². The van der Waals surface area contributed by atoms with Crippen LogP contribution < -0.4 is 4.90 Å². The number of aromatic nitrogens is 2. The van der Waals surface area contributed by atoms with Crippen molar-refractivity contribution in [3.63, 3.8) is 0 Å². The third-order valence-corrected chi connectivity index (χ3v) is 7.12. The summed E-state index contributed by atoms with van der Waals surface area (Å²) in [5.41, 5.74) is 3.66. The molecule has 1 aromatic heterocycles. The second kappa shape index (κ2) is 9.21. The highest BCUT2D eigenvalue weighted by Gasteiger charge is 2.39. The molecule has 0 aliphatic carbocycles. The van der Waals surface area contributed by atoms with E-state index < -0.39 is 0 Å². The Bertz CT molecular complexity index is 1110. The molecule has 2 aromatic rings. The number of piperidine rings is 1. The second-order valence-corrected chi connectivity index (χ2v) is 9.31. The number of benzene rings is 1. The standard InChI is InChI=1S/C25H31N5O4/c1-17-16-18(2)30(26-17)11-10-29-24(32)20-4-3-5-21(22(20)25(29)33)27-8-6-19(7-9-27)23(31)28-12-14-34-15-13-28/h3-5,16,19H,6-15H2,1-2H3. The van der Waals surface area contributed by atoms with Crippen LogP contribution in [-0.4, -0.2) is 83.2 Å². The molecule has 9 nitrogen and oxygen atoms in total. The number of nitrogens with zero attached hydrogens (tertiary/aromatic N) is 5. The molecular formula is C25H31N5O4. The Kier molecular flexibility index (Phi) is 6.12. The van der Waals surface area contributed by atoms with Crippen LogP contribution >= 0.6 is 0 Å². The lowest BCUT2D eigenvalue weighted by molar-refractivity contribution is -0.140. The Balaban J connectivity index is 1.27. The fraction of sp³-hybridized carbons (Fsp3) is 0.520. The minimum atomic E-state index is -0.249. The van der Waals surface area contributed by atoms with Gasteiger partial charge in [-0.15, -0.1) is 0 Å². The zero-order valence-electron chi connectivity index (χ0n) is 19.8. The predicted octanol–water partition coefficient (Wildman–Crippen LogP) is 1.87. The molecule has 0 N–H and O–H groups in total. The summed E-state index contributed by atoms with van der Waals surface area (Å²) in [6.07, 6.45) is 1.48. The van der Waals surface area contributed by atoms with E-state index in [-0.39, 0.29) is 30.2 Å². The number of hydrogen-bond acceptors (Lipinski definition) is 6. The molecule has 180 valence electrons. The molecule has 5 rings (SSSR count). The highest BCUT2D eigenvalue weighted by atomic mass is 16.5. The average Bonchev–Trinajstić information content (AvgIpc) is 3.32. The van der Waals surface area contributed by atoms with E-state index in [2.05, 4.69) is 10.00 Å². The zero-order valence-corrected chi connectivity index (χ0v) is 19.8. The van der Waals surface area contributed by atoms with Crippen LogP contribution in [0.5, 0.6) is 0 Å². The summed E-state index contributed by atoms with van der Waals surface area (Å²) in [5, 5.41) is 4.44. The molecule has 4 heterocycles. The van der Waals surface area contributed by atoms with Gasteiger partial charge in [-0.25, -0.2) is 0 Å². The first kappa shape index (κ1) is 22.6. The largest absolute Gasteiger partial charge is 0.378 e. The van der Waals surface area contributed by atoms with E-state index in [1.165, 1.54) is 4.90 Å². The monoisotopic (exact) mass is 465 g/mol. The van der Waals surface area contributed by atoms with Crippen molar-refractivity contribution >= 4 is 23.4 Å². The van der Waals surface area contributed by atoms with Crippen molar-refractivity contribution in [3.05, 3.63) is 46.8 Å². The third kappa shape index (κ3) is 4.09. The van der Waals surface area contributed by atoms with Gasteiger partial charge in [-0.05, 0) is 44.9 Å². The van der Waals surface area contributed by atoms with Gasteiger partial charge in [-0.1, -0.05) is 6.07 Å². The SMILES string of the molecule is Cc1cc(C)n(CCN2C(=O)c3cccc(N4CCC(C(=O)N5CCOCC5)CC4)c3C2=O)n1. The zero-order chi connectivity index (χ0) is 23.8. The van der Waals surface area contributed by atoms with E-state index in [9.17, 15) is 14.4 Å². The summed E-state index contributed by atoms with van der Waals surface area (Å²) in [5.74, 6) is -0.284. The number of aryl methyl sites for hydroxylation is 2. The van der Waals surface area contributed by atoms with Crippen molar-refractivity contribution in [2.75, 3.05) is 50.8 Å². The van der Waals surface area contributed by atoms with E-state index in [0.29, 0.717) is 57.1 Å². The van der Waals surface area contributed by atoms with Crippen molar-refractivity contribution < 1.29 is 19.1 Å². The Labute approximate surface area is 199 Å². The van der Waals surface area contributed by atoms with Gasteiger partial charge >= 0.3 is 0 Å². The second-order valence-electron chi connectivity index (χ2n) is 9.31. The number of ether oxygens (including phenoxy) is 1. The molecule has 9 heteroatoms. The Morgan fingerprint density at radius 3 is 2.44 bits per heavy atom. The van der Waals surface area contributed by atoms with Crippen LogP contribution in [0.4, 0.5) is 5.69 Å². The van der Waals surface area contributed by atoms with Crippen LogP contribution in [-0.2, 0) is 16.1 Å². The number of amides is 3. The molecule has 2 fully saturated rings. The lowest BCUT2D eigenvalue weighted by Crippen LogP contribution is -2.47. The van der Waals surface area contributed by atoms with Gasteiger partial charge in [0.15, 0.2) is 0 Å². The molecule has 0 bridgehead atoms. The minimum Gasteiger partial charge on any atom is -0.378 e. The number of carbonyl (C=O) groups excluding carboxylic acids is 3. The fourth-order valence-electron chi connectivity index (χ4n) is 5.29. The maximum atomic E-state index is 13.3. The number of fused-ring (bicyclic) bond motifs is 1. The summed E-state index contributed by atoms with van der Waals surface area (Å²) >= 11 is 0. The normalized spacial score (nSPS) is 19.2. The molecule has 0 spiro atoms. The third-order valence-electron chi connectivity index (χ3n) is 7.12. The number of imide groups is 1. The van der Waals surface area contributed by atoms with E-state index in [1.807, 2.05) is 41.6 Å². The van der Waals surface area contributed by atoms with Gasteiger partial charge in [-0.3, -0.25) is 24.0 Å². The van der Waals surface area contributed by atoms with Crippen LogP contribution in [0.1, 0.15) is 44.9 Å². The Morgan fingerprint density at radius 2 is 1.76 bits per heavy atom. The molecule has 3 aliphatic rings. The molecule has 0 unspecified atom stereocenters. The molecule has 3 aliphatic heterocycles. The number of morpholine rings is 1. The quantitative estimate of drug-likeness (QED) is 0.627. The number of hydrogen-bond donors (Lipinski definition) is 0. The van der Waals surface area contributed by atoms with Gasteiger partial charge in [0, 0.05) is 44.3 Å². The van der Waals surface area contributed by atoms with Crippen molar-refractivity contribution in [1.29, 1.82) is 0 Å². The van der Waals surface area contributed by atoms with Crippen molar-refractivity contribution in [2.45, 2.75) is 33.2 Å². The summed E-state index contributed by atoms with van der Waals surface area (Å²) in [4.78, 5) is 44.7. The predicted molar refractivity (Wildman–Crippen MR) is 126 cm³/mol. The van der Waals surface area contributed by atoms with E-state index in [1.54, 1.807) is 6.07 Å². The van der Waals surface area contributed by atoms with Crippen LogP contribution in [0.2, 0.25) is 0 Å². The Morgan fingerprint density at radius 1 is 1.03 bits per heavy atom. The van der Waals surface area contributed by atoms with Crippen molar-refractivity contribution in [3.8, 4) is 0 Å². The summed E-state index contributed by atoms with van der Waals surface area (Å²) in [6, 6.07) is 7.47. The first-order valence-corrected chi connectivity index (χ1v) is 12.1. The minimum absolute atomic E-state index is 0.000657. The fourth-order valence-corrected chi connectivity index (χ4v) is 5.29. The molecular weight excluding hydrogens is 434 g/mol. The summed E-state index contributed by atoms with van der Waals surface area (Å²) < 4.78 is 7.19. The van der Waals surface area contributed by atoms with Gasteiger partial charge < -0.3 is 14.5 Å². The maximum absolute atomic E-state index is 13.3. The topological polar surface area (TPSA) is 88.0 Å². The van der Waals surface area contributed by atoms with Crippen LogP contribution in [0.15, 0.2) is 24.3 Å². The molecule has 0 atom stereocenters. The molecule has 2 saturated heterocycles. The summed E-state index contributed by atoms with van der Waals surface area (Å²) in [6.45, 7) is 8.54. The van der Waals surface area contributed by atoms with E-state index >= 15 is 0 Å². The lowest BCUT2D eigenvalue weighted by Gasteiger charge is -2.37. The maximum Gasteiger partial charge on any atom is 0.263 e. The van der Waals surface area contributed by atoms with Crippen molar-refractivity contribution in [2.24, 2.45) is 5.92 Å². The summed E-state index contributed by atoms with van der Waals surface area (Å²) in [7, 11) is 0. The average molecular weight is 466 g/mol. The van der Waals surface area contributed by atoms with Crippen LogP contribution in [0.3, 0.4) is 0 Å². The number of anilines is 1. The van der Waals surface area contributed by atoms with Gasteiger partial charge in [0.2, 0.25) is 5.91 Å². The molecule has 3 amide bonds. The molecule has 34 heavy (non-hydrogen) atoms.